The topological polar surface area (TPSA) is 79.9 Å². The van der Waals surface area contributed by atoms with Crippen molar-refractivity contribution in [2.24, 2.45) is 10.8 Å². The van der Waals surface area contributed by atoms with Gasteiger partial charge in [-0.2, -0.15) is 18.3 Å². The number of thiocarbonyl (C=S) groups is 1. The van der Waals surface area contributed by atoms with Gasteiger partial charge in [0.25, 0.3) is 5.91 Å². The van der Waals surface area contributed by atoms with E-state index in [-0.39, 0.29) is 16.4 Å². The number of para-hydroxylation sites is 1. The maximum atomic E-state index is 13.0. The summed E-state index contributed by atoms with van der Waals surface area (Å²) in [6.07, 6.45) is -4.56. The van der Waals surface area contributed by atoms with Crippen molar-refractivity contribution in [3.05, 3.63) is 29.8 Å². The zero-order valence-electron chi connectivity index (χ0n) is 12.5. The molecule has 1 fully saturated rings. The number of hydrazone groups is 1. The van der Waals surface area contributed by atoms with E-state index in [1.807, 2.05) is 0 Å². The average molecular weight is 360 g/mol. The maximum absolute atomic E-state index is 13.0. The Labute approximate surface area is 141 Å². The second-order valence-electron chi connectivity index (χ2n) is 4.88. The Balaban J connectivity index is 2.24. The van der Waals surface area contributed by atoms with Gasteiger partial charge < -0.3 is 15.4 Å². The molecule has 1 aliphatic heterocycles. The van der Waals surface area contributed by atoms with Crippen molar-refractivity contribution >= 4 is 34.5 Å². The molecule has 1 heterocycles. The molecule has 6 nitrogen and oxygen atoms in total. The van der Waals surface area contributed by atoms with Gasteiger partial charge in [0, 0.05) is 13.1 Å². The summed E-state index contributed by atoms with van der Waals surface area (Å²) in [6.45, 7) is 1.39. The molecule has 130 valence electrons. The van der Waals surface area contributed by atoms with E-state index >= 15 is 0 Å². The molecule has 0 spiro atoms. The van der Waals surface area contributed by atoms with Crippen LogP contribution in [0.25, 0.3) is 0 Å². The first-order chi connectivity index (χ1) is 11.3. The second-order valence-corrected chi connectivity index (χ2v) is 5.32. The maximum Gasteiger partial charge on any atom is 0.418 e. The highest BCUT2D eigenvalue weighted by atomic mass is 32.1. The Hall–Kier alpha value is -2.20. The summed E-state index contributed by atoms with van der Waals surface area (Å²) < 4.78 is 44.0. The Morgan fingerprint density at radius 2 is 1.92 bits per heavy atom. The number of nitrogens with zero attached hydrogens (tertiary/aromatic N) is 2. The van der Waals surface area contributed by atoms with E-state index in [0.29, 0.717) is 26.3 Å². The summed E-state index contributed by atoms with van der Waals surface area (Å²) >= 11 is 4.79. The third-order valence-corrected chi connectivity index (χ3v) is 3.45. The van der Waals surface area contributed by atoms with Crippen LogP contribution in [0.3, 0.4) is 0 Å². The lowest BCUT2D eigenvalue weighted by Gasteiger charge is -2.27. The highest BCUT2D eigenvalue weighted by molar-refractivity contribution is 7.82. The minimum atomic E-state index is -4.56. The normalized spacial score (nSPS) is 16.0. The lowest BCUT2D eigenvalue weighted by molar-refractivity contribution is -0.137. The molecule has 1 amide bonds. The molecule has 1 aromatic rings. The fraction of sp³-hybridized carbons (Fsp3) is 0.357. The van der Waals surface area contributed by atoms with Crippen molar-refractivity contribution in [1.29, 1.82) is 0 Å². The van der Waals surface area contributed by atoms with Gasteiger partial charge in [0.2, 0.25) is 0 Å². The monoisotopic (exact) mass is 360 g/mol. The van der Waals surface area contributed by atoms with Crippen LogP contribution in [0, 0.1) is 0 Å². The molecule has 0 saturated carbocycles. The largest absolute Gasteiger partial charge is 0.418 e. The van der Waals surface area contributed by atoms with Crippen LogP contribution in [0.4, 0.5) is 18.9 Å². The van der Waals surface area contributed by atoms with Crippen LogP contribution in [-0.2, 0) is 15.7 Å². The molecule has 2 rings (SSSR count). The number of hydrogen-bond acceptors (Lipinski definition) is 5. The number of ether oxygens (including phenoxy) is 1. The van der Waals surface area contributed by atoms with Crippen molar-refractivity contribution in [1.82, 2.24) is 4.90 Å². The van der Waals surface area contributed by atoms with Gasteiger partial charge in [-0.3, -0.25) is 10.2 Å². The Kier molecular flexibility index (Phi) is 5.73. The first-order valence-corrected chi connectivity index (χ1v) is 7.38. The van der Waals surface area contributed by atoms with Crippen LogP contribution in [0.2, 0.25) is 0 Å². The summed E-state index contributed by atoms with van der Waals surface area (Å²) in [5.41, 5.74) is 6.23. The predicted molar refractivity (Wildman–Crippen MR) is 86.7 cm³/mol. The van der Waals surface area contributed by atoms with Crippen LogP contribution < -0.4 is 11.2 Å². The fourth-order valence-electron chi connectivity index (χ4n) is 2.07. The average Bonchev–Trinajstić information content (AvgIpc) is 2.55. The van der Waals surface area contributed by atoms with Crippen molar-refractivity contribution in [2.75, 3.05) is 31.7 Å². The van der Waals surface area contributed by atoms with Gasteiger partial charge >= 0.3 is 6.18 Å². The SMILES string of the molecule is NC(=S)/C(=N/Nc1ccccc1C(F)(F)F)C(=O)N1CCOCC1. The molecule has 0 bridgehead atoms. The Morgan fingerprint density at radius 1 is 1.29 bits per heavy atom. The minimum Gasteiger partial charge on any atom is -0.388 e. The van der Waals surface area contributed by atoms with E-state index in [0.717, 1.165) is 6.07 Å². The van der Waals surface area contributed by atoms with Crippen LogP contribution in [0.1, 0.15) is 5.56 Å². The third kappa shape index (κ3) is 4.42. The van der Waals surface area contributed by atoms with E-state index < -0.39 is 17.6 Å². The zero-order chi connectivity index (χ0) is 17.7. The molecule has 0 radical (unpaired) electrons. The number of nitrogens with two attached hydrogens (primary N) is 1. The van der Waals surface area contributed by atoms with Crippen LogP contribution in [0.15, 0.2) is 29.4 Å². The molecule has 1 saturated heterocycles. The second kappa shape index (κ2) is 7.58. The van der Waals surface area contributed by atoms with Crippen molar-refractivity contribution < 1.29 is 22.7 Å². The quantitative estimate of drug-likeness (QED) is 0.485. The Morgan fingerprint density at radius 3 is 2.50 bits per heavy atom. The van der Waals surface area contributed by atoms with Gasteiger partial charge in [-0.15, -0.1) is 0 Å². The number of amides is 1. The summed E-state index contributed by atoms with van der Waals surface area (Å²) in [4.78, 5) is 13.5. The lowest BCUT2D eigenvalue weighted by Crippen LogP contribution is -2.47. The zero-order valence-corrected chi connectivity index (χ0v) is 13.3. The van der Waals surface area contributed by atoms with Gasteiger partial charge in [0.1, 0.15) is 4.99 Å². The Bertz CT molecular complexity index is 658. The highest BCUT2D eigenvalue weighted by Gasteiger charge is 2.33. The van der Waals surface area contributed by atoms with E-state index in [9.17, 15) is 18.0 Å². The third-order valence-electron chi connectivity index (χ3n) is 3.25. The number of alkyl halides is 3. The first-order valence-electron chi connectivity index (χ1n) is 6.97. The van der Waals surface area contributed by atoms with Gasteiger partial charge in [-0.25, -0.2) is 0 Å². The number of carbonyl (C=O) groups excluding carboxylic acids is 1. The van der Waals surface area contributed by atoms with Crippen LogP contribution >= 0.6 is 12.2 Å². The number of benzene rings is 1. The molecule has 24 heavy (non-hydrogen) atoms. The summed E-state index contributed by atoms with van der Waals surface area (Å²) in [5, 5.41) is 3.71. The fourth-order valence-corrected chi connectivity index (χ4v) is 2.20. The molecule has 0 unspecified atom stereocenters. The first kappa shape index (κ1) is 18.1. The molecular formula is C14H15F3N4O2S. The van der Waals surface area contributed by atoms with Gasteiger partial charge in [-0.1, -0.05) is 24.4 Å². The van der Waals surface area contributed by atoms with Crippen LogP contribution in [0.5, 0.6) is 0 Å². The summed E-state index contributed by atoms with van der Waals surface area (Å²) in [5.74, 6) is -0.553. The van der Waals surface area contributed by atoms with Gasteiger partial charge in [0.15, 0.2) is 5.71 Å². The molecule has 10 heteroatoms. The van der Waals surface area contributed by atoms with Gasteiger partial charge in [0.05, 0.1) is 24.5 Å². The van der Waals surface area contributed by atoms with E-state index in [2.05, 4.69) is 10.5 Å². The number of hydrogen-bond donors (Lipinski definition) is 2. The number of halogens is 3. The highest BCUT2D eigenvalue weighted by Crippen LogP contribution is 2.34. The molecule has 0 aromatic heterocycles. The minimum absolute atomic E-state index is 0.298. The number of carbonyl (C=O) groups is 1. The van der Waals surface area contributed by atoms with Crippen molar-refractivity contribution in [3.8, 4) is 0 Å². The molecule has 3 N–H and O–H groups in total. The van der Waals surface area contributed by atoms with Crippen molar-refractivity contribution in [3.63, 3.8) is 0 Å². The standard InChI is InChI=1S/C14H15F3N4O2S/c15-14(16,17)9-3-1-2-4-10(9)19-20-11(12(18)24)13(22)21-5-7-23-8-6-21/h1-4,19H,5-8H2,(H2,18,24)/b20-11-. The molecule has 1 aromatic carbocycles. The molecule has 1 aliphatic rings. The molecule has 0 atom stereocenters. The van der Waals surface area contributed by atoms with Crippen LogP contribution in [-0.4, -0.2) is 47.8 Å². The van der Waals surface area contributed by atoms with E-state index in [1.165, 1.54) is 23.1 Å². The smallest absolute Gasteiger partial charge is 0.388 e. The van der Waals surface area contributed by atoms with E-state index in [4.69, 9.17) is 22.7 Å². The number of morpholine rings is 1. The predicted octanol–water partition coefficient (Wildman–Crippen LogP) is 1.62. The summed E-state index contributed by atoms with van der Waals surface area (Å²) in [7, 11) is 0. The molecular weight excluding hydrogens is 345 g/mol. The number of rotatable bonds is 4. The van der Waals surface area contributed by atoms with Gasteiger partial charge in [-0.05, 0) is 12.1 Å². The van der Waals surface area contributed by atoms with Crippen molar-refractivity contribution in [2.45, 2.75) is 6.18 Å². The number of nitrogens with one attached hydrogen (secondary N) is 1. The molecule has 0 aliphatic carbocycles. The number of anilines is 1. The van der Waals surface area contributed by atoms with E-state index in [1.54, 1.807) is 0 Å². The lowest BCUT2D eigenvalue weighted by atomic mass is 10.2. The summed E-state index contributed by atoms with van der Waals surface area (Å²) in [6, 6.07) is 4.77.